The SMILES string of the molecule is COC(=O)c1c(C)[nH]c2ccccc2c1=O. The van der Waals surface area contributed by atoms with Gasteiger partial charge in [0.2, 0.25) is 5.43 Å². The molecule has 0 saturated heterocycles. The molecular weight excluding hydrogens is 206 g/mol. The van der Waals surface area contributed by atoms with Crippen molar-refractivity contribution in [3.8, 4) is 0 Å². The van der Waals surface area contributed by atoms with Crippen molar-refractivity contribution in [2.75, 3.05) is 7.11 Å². The van der Waals surface area contributed by atoms with Gasteiger partial charge in [0.05, 0.1) is 7.11 Å². The predicted octanol–water partition coefficient (Wildman–Crippen LogP) is 1.62. The van der Waals surface area contributed by atoms with E-state index in [1.54, 1.807) is 25.1 Å². The van der Waals surface area contributed by atoms with Crippen LogP contribution in [0.3, 0.4) is 0 Å². The molecule has 0 amide bonds. The van der Waals surface area contributed by atoms with Crippen LogP contribution in [0.1, 0.15) is 16.1 Å². The van der Waals surface area contributed by atoms with Gasteiger partial charge < -0.3 is 9.72 Å². The van der Waals surface area contributed by atoms with Crippen LogP contribution in [0, 0.1) is 6.92 Å². The molecule has 1 aromatic carbocycles. The first-order chi connectivity index (χ1) is 7.65. The molecule has 0 aliphatic rings. The number of aromatic amines is 1. The summed E-state index contributed by atoms with van der Waals surface area (Å²) in [6.07, 6.45) is 0. The number of nitrogens with one attached hydrogen (secondary N) is 1. The Kier molecular flexibility index (Phi) is 2.48. The molecule has 0 saturated carbocycles. The number of methoxy groups -OCH3 is 1. The van der Waals surface area contributed by atoms with Gasteiger partial charge in [-0.05, 0) is 19.1 Å². The summed E-state index contributed by atoms with van der Waals surface area (Å²) in [7, 11) is 1.26. The Balaban J connectivity index is 2.86. The number of aromatic nitrogens is 1. The molecule has 82 valence electrons. The first kappa shape index (κ1) is 10.4. The average Bonchev–Trinajstić information content (AvgIpc) is 2.28. The molecule has 2 rings (SSSR count). The van der Waals surface area contributed by atoms with E-state index in [1.807, 2.05) is 6.07 Å². The number of ether oxygens (including phenoxy) is 1. The highest BCUT2D eigenvalue weighted by atomic mass is 16.5. The highest BCUT2D eigenvalue weighted by molar-refractivity contribution is 5.94. The first-order valence-corrected chi connectivity index (χ1v) is 4.85. The summed E-state index contributed by atoms with van der Waals surface area (Å²) in [6, 6.07) is 7.06. The lowest BCUT2D eigenvalue weighted by Gasteiger charge is -2.05. The van der Waals surface area contributed by atoms with Gasteiger partial charge in [-0.1, -0.05) is 12.1 Å². The summed E-state index contributed by atoms with van der Waals surface area (Å²) in [5, 5.41) is 0.494. The second-order valence-corrected chi connectivity index (χ2v) is 3.49. The normalized spacial score (nSPS) is 10.4. The van der Waals surface area contributed by atoms with E-state index in [4.69, 9.17) is 0 Å². The van der Waals surface area contributed by atoms with Gasteiger partial charge in [0.25, 0.3) is 0 Å². The zero-order valence-electron chi connectivity index (χ0n) is 9.03. The highest BCUT2D eigenvalue weighted by Gasteiger charge is 2.16. The lowest BCUT2D eigenvalue weighted by atomic mass is 10.1. The number of benzene rings is 1. The summed E-state index contributed by atoms with van der Waals surface area (Å²) < 4.78 is 4.59. The molecule has 16 heavy (non-hydrogen) atoms. The zero-order valence-corrected chi connectivity index (χ0v) is 9.03. The number of hydrogen-bond donors (Lipinski definition) is 1. The Bertz CT molecular complexity index is 613. The Morgan fingerprint density at radius 1 is 1.31 bits per heavy atom. The summed E-state index contributed by atoms with van der Waals surface area (Å²) >= 11 is 0. The third-order valence-electron chi connectivity index (χ3n) is 2.49. The van der Waals surface area contributed by atoms with Crippen LogP contribution < -0.4 is 5.43 Å². The van der Waals surface area contributed by atoms with Gasteiger partial charge >= 0.3 is 5.97 Å². The van der Waals surface area contributed by atoms with Gasteiger partial charge in [0, 0.05) is 16.6 Å². The van der Waals surface area contributed by atoms with E-state index in [0.717, 1.165) is 5.52 Å². The van der Waals surface area contributed by atoms with E-state index < -0.39 is 5.97 Å². The Morgan fingerprint density at radius 3 is 2.69 bits per heavy atom. The number of carbonyl (C=O) groups excluding carboxylic acids is 1. The summed E-state index contributed by atoms with van der Waals surface area (Å²) in [5.74, 6) is -0.607. The smallest absolute Gasteiger partial charge is 0.343 e. The summed E-state index contributed by atoms with van der Waals surface area (Å²) in [6.45, 7) is 1.68. The molecule has 0 bridgehead atoms. The molecule has 4 heteroatoms. The number of hydrogen-bond acceptors (Lipinski definition) is 3. The Morgan fingerprint density at radius 2 is 2.00 bits per heavy atom. The second kappa shape index (κ2) is 3.81. The van der Waals surface area contributed by atoms with Gasteiger partial charge in [0.1, 0.15) is 5.56 Å². The number of pyridine rings is 1. The summed E-state index contributed by atoms with van der Waals surface area (Å²) in [4.78, 5) is 26.5. The molecule has 1 N–H and O–H groups in total. The minimum atomic E-state index is -0.607. The molecule has 0 aliphatic carbocycles. The van der Waals surface area contributed by atoms with Crippen LogP contribution in [0.4, 0.5) is 0 Å². The minimum Gasteiger partial charge on any atom is -0.465 e. The van der Waals surface area contributed by atoms with E-state index in [9.17, 15) is 9.59 Å². The monoisotopic (exact) mass is 217 g/mol. The molecule has 2 aromatic rings. The van der Waals surface area contributed by atoms with Crippen LogP contribution in [0.5, 0.6) is 0 Å². The van der Waals surface area contributed by atoms with Crippen LogP contribution >= 0.6 is 0 Å². The maximum Gasteiger partial charge on any atom is 0.343 e. The molecule has 0 spiro atoms. The molecule has 1 heterocycles. The lowest BCUT2D eigenvalue weighted by Crippen LogP contribution is -2.19. The molecule has 0 fully saturated rings. The van der Waals surface area contributed by atoms with Crippen LogP contribution in [-0.4, -0.2) is 18.1 Å². The fourth-order valence-electron chi connectivity index (χ4n) is 1.71. The Hall–Kier alpha value is -2.10. The molecular formula is C12H11NO3. The van der Waals surface area contributed by atoms with Gasteiger partial charge in [-0.3, -0.25) is 4.79 Å². The molecule has 0 aliphatic heterocycles. The van der Waals surface area contributed by atoms with E-state index in [2.05, 4.69) is 9.72 Å². The van der Waals surface area contributed by atoms with E-state index >= 15 is 0 Å². The highest BCUT2D eigenvalue weighted by Crippen LogP contribution is 2.11. The topological polar surface area (TPSA) is 59.2 Å². The van der Waals surface area contributed by atoms with E-state index in [1.165, 1.54) is 7.11 Å². The van der Waals surface area contributed by atoms with Crippen molar-refractivity contribution in [1.82, 2.24) is 4.98 Å². The minimum absolute atomic E-state index is 0.0706. The number of aryl methyl sites for hydroxylation is 1. The molecule has 1 aromatic heterocycles. The maximum atomic E-state index is 12.0. The number of fused-ring (bicyclic) bond motifs is 1. The third kappa shape index (κ3) is 1.48. The van der Waals surface area contributed by atoms with Crippen molar-refractivity contribution >= 4 is 16.9 Å². The third-order valence-corrected chi connectivity index (χ3v) is 2.49. The molecule has 0 radical (unpaired) electrons. The fraction of sp³-hybridized carbons (Fsp3) is 0.167. The number of esters is 1. The van der Waals surface area contributed by atoms with Crippen LogP contribution in [0.25, 0.3) is 10.9 Å². The predicted molar refractivity (Wildman–Crippen MR) is 60.6 cm³/mol. The van der Waals surface area contributed by atoms with Gasteiger partial charge in [-0.15, -0.1) is 0 Å². The van der Waals surface area contributed by atoms with Crippen LogP contribution in [0.2, 0.25) is 0 Å². The van der Waals surface area contributed by atoms with E-state index in [0.29, 0.717) is 11.1 Å². The zero-order chi connectivity index (χ0) is 11.7. The second-order valence-electron chi connectivity index (χ2n) is 3.49. The van der Waals surface area contributed by atoms with Gasteiger partial charge in [-0.2, -0.15) is 0 Å². The van der Waals surface area contributed by atoms with Crippen molar-refractivity contribution in [1.29, 1.82) is 0 Å². The standard InChI is InChI=1S/C12H11NO3/c1-7-10(12(15)16-2)11(14)8-5-3-4-6-9(8)13-7/h3-6H,1-2H3,(H,13,14). The molecule has 0 unspecified atom stereocenters. The van der Waals surface area contributed by atoms with Crippen molar-refractivity contribution in [3.05, 3.63) is 45.7 Å². The molecule has 0 atom stereocenters. The maximum absolute atomic E-state index is 12.0. The van der Waals surface area contributed by atoms with Crippen molar-refractivity contribution < 1.29 is 9.53 Å². The first-order valence-electron chi connectivity index (χ1n) is 4.85. The van der Waals surface area contributed by atoms with Crippen molar-refractivity contribution in [2.24, 2.45) is 0 Å². The average molecular weight is 217 g/mol. The molecule has 4 nitrogen and oxygen atoms in total. The van der Waals surface area contributed by atoms with Crippen molar-refractivity contribution in [3.63, 3.8) is 0 Å². The van der Waals surface area contributed by atoms with E-state index in [-0.39, 0.29) is 11.0 Å². The Labute approximate surface area is 91.9 Å². The largest absolute Gasteiger partial charge is 0.465 e. The quantitative estimate of drug-likeness (QED) is 0.738. The number of H-pyrrole nitrogens is 1. The van der Waals surface area contributed by atoms with Crippen LogP contribution in [0.15, 0.2) is 29.1 Å². The van der Waals surface area contributed by atoms with Gasteiger partial charge in [-0.25, -0.2) is 4.79 Å². The summed E-state index contributed by atoms with van der Waals surface area (Å²) in [5.41, 5.74) is 1.02. The number of carbonyl (C=O) groups is 1. The van der Waals surface area contributed by atoms with Gasteiger partial charge in [0.15, 0.2) is 0 Å². The number of para-hydroxylation sites is 1. The fourth-order valence-corrected chi connectivity index (χ4v) is 1.71. The number of rotatable bonds is 1. The van der Waals surface area contributed by atoms with Crippen LogP contribution in [-0.2, 0) is 4.74 Å². The van der Waals surface area contributed by atoms with Crippen molar-refractivity contribution in [2.45, 2.75) is 6.92 Å². The lowest BCUT2D eigenvalue weighted by molar-refractivity contribution is 0.0598.